The van der Waals surface area contributed by atoms with Gasteiger partial charge in [-0.15, -0.1) is 0 Å². The molecule has 0 aliphatic heterocycles. The first-order valence-corrected chi connectivity index (χ1v) is 10.5. The molecule has 0 aliphatic rings. The molecule has 0 heterocycles. The number of ether oxygens (including phenoxy) is 1. The molecule has 2 amide bonds. The van der Waals surface area contributed by atoms with Crippen LogP contribution in [-0.4, -0.2) is 34.9 Å². The Kier molecular flexibility index (Phi) is 8.42. The highest BCUT2D eigenvalue weighted by molar-refractivity contribution is 6.35. The van der Waals surface area contributed by atoms with E-state index in [2.05, 4.69) is 5.32 Å². The molecule has 1 atom stereocenters. The van der Waals surface area contributed by atoms with Crippen molar-refractivity contribution in [2.75, 3.05) is 6.61 Å². The summed E-state index contributed by atoms with van der Waals surface area (Å²) in [5.41, 5.74) is 0.231. The highest BCUT2D eigenvalue weighted by Crippen LogP contribution is 2.25. The largest absolute Gasteiger partial charge is 0.482 e. The van der Waals surface area contributed by atoms with Crippen LogP contribution in [0.25, 0.3) is 0 Å². The number of carbonyl (C=O) groups is 2. The minimum Gasteiger partial charge on any atom is -0.482 e. The highest BCUT2D eigenvalue weighted by Gasteiger charge is 2.29. The summed E-state index contributed by atoms with van der Waals surface area (Å²) in [6.45, 7) is 7.14. The smallest absolute Gasteiger partial charge is 0.261 e. The van der Waals surface area contributed by atoms with Gasteiger partial charge in [0, 0.05) is 22.1 Å². The molecule has 0 fully saturated rings. The van der Waals surface area contributed by atoms with E-state index >= 15 is 0 Å². The predicted octanol–water partition coefficient (Wildman–Crippen LogP) is 5.36. The van der Waals surface area contributed by atoms with Crippen LogP contribution in [0.15, 0.2) is 42.5 Å². The third-order valence-corrected chi connectivity index (χ3v) is 5.11. The number of amides is 2. The van der Waals surface area contributed by atoms with Crippen LogP contribution in [0.1, 0.15) is 33.3 Å². The highest BCUT2D eigenvalue weighted by atomic mass is 35.5. The van der Waals surface area contributed by atoms with Crippen LogP contribution in [0.3, 0.4) is 0 Å². The first-order chi connectivity index (χ1) is 14.0. The minimum absolute atomic E-state index is 0.124. The molecule has 30 heavy (non-hydrogen) atoms. The van der Waals surface area contributed by atoms with Gasteiger partial charge < -0.3 is 15.0 Å². The fraction of sp³-hybridized carbons (Fsp3) is 0.364. The number of halogens is 3. The van der Waals surface area contributed by atoms with Gasteiger partial charge in [0.05, 0.1) is 5.02 Å². The molecule has 1 unspecified atom stereocenters. The summed E-state index contributed by atoms with van der Waals surface area (Å²) in [7, 11) is 0. The van der Waals surface area contributed by atoms with Crippen molar-refractivity contribution in [2.45, 2.75) is 45.8 Å². The van der Waals surface area contributed by atoms with Crippen LogP contribution in [0.5, 0.6) is 5.75 Å². The molecule has 2 aromatic rings. The second kappa shape index (κ2) is 10.4. The van der Waals surface area contributed by atoms with Crippen LogP contribution in [0.4, 0.5) is 0 Å². The Morgan fingerprint density at radius 2 is 1.73 bits per heavy atom. The Morgan fingerprint density at radius 3 is 2.33 bits per heavy atom. The van der Waals surface area contributed by atoms with Gasteiger partial charge >= 0.3 is 0 Å². The maximum atomic E-state index is 13.0. The summed E-state index contributed by atoms with van der Waals surface area (Å²) >= 11 is 18.4. The van der Waals surface area contributed by atoms with Gasteiger partial charge in [0.15, 0.2) is 6.61 Å². The molecular formula is C22H25Cl3N2O3. The molecule has 0 aliphatic carbocycles. The van der Waals surface area contributed by atoms with Crippen molar-refractivity contribution in [1.82, 2.24) is 10.2 Å². The molecule has 0 bridgehead atoms. The molecule has 5 nitrogen and oxygen atoms in total. The topological polar surface area (TPSA) is 58.6 Å². The van der Waals surface area contributed by atoms with Gasteiger partial charge in [0.1, 0.15) is 11.8 Å². The summed E-state index contributed by atoms with van der Waals surface area (Å²) in [4.78, 5) is 27.2. The van der Waals surface area contributed by atoms with Gasteiger partial charge in [-0.05, 0) is 57.5 Å². The number of rotatable bonds is 7. The summed E-state index contributed by atoms with van der Waals surface area (Å²) in [5.74, 6) is -0.264. The maximum absolute atomic E-state index is 13.0. The predicted molar refractivity (Wildman–Crippen MR) is 121 cm³/mol. The Morgan fingerprint density at radius 1 is 1.07 bits per heavy atom. The monoisotopic (exact) mass is 470 g/mol. The van der Waals surface area contributed by atoms with E-state index in [1.807, 2.05) is 20.8 Å². The van der Waals surface area contributed by atoms with Crippen molar-refractivity contribution in [2.24, 2.45) is 0 Å². The number of nitrogens with one attached hydrogen (secondary N) is 1. The van der Waals surface area contributed by atoms with Gasteiger partial charge in [-0.1, -0.05) is 53.0 Å². The zero-order valence-electron chi connectivity index (χ0n) is 17.3. The molecule has 2 aromatic carbocycles. The number of para-hydroxylation sites is 1. The molecule has 0 saturated carbocycles. The lowest BCUT2D eigenvalue weighted by molar-refractivity contribution is -0.142. The maximum Gasteiger partial charge on any atom is 0.261 e. The molecule has 0 radical (unpaired) electrons. The standard InChI is InChI=1S/C22H25Cl3N2O3/c1-14(21(29)26-22(2,3)4)27(12-15-9-10-16(23)11-18(15)25)20(28)13-30-19-8-6-5-7-17(19)24/h5-11,14H,12-13H2,1-4H3,(H,26,29). The number of benzene rings is 2. The summed E-state index contributed by atoms with van der Waals surface area (Å²) in [5, 5.41) is 4.20. The first kappa shape index (κ1) is 24.3. The minimum atomic E-state index is -0.752. The molecule has 2 rings (SSSR count). The Hall–Kier alpha value is -1.95. The van der Waals surface area contributed by atoms with Crippen LogP contribution < -0.4 is 10.1 Å². The SMILES string of the molecule is CC(C(=O)NC(C)(C)C)N(Cc1ccc(Cl)cc1Cl)C(=O)COc1ccccc1Cl. The lowest BCUT2D eigenvalue weighted by Crippen LogP contribution is -2.53. The molecule has 0 aromatic heterocycles. The van der Waals surface area contributed by atoms with Gasteiger partial charge in [-0.3, -0.25) is 9.59 Å². The molecule has 8 heteroatoms. The molecule has 162 valence electrons. The molecule has 0 saturated heterocycles. The average molecular weight is 472 g/mol. The van der Waals surface area contributed by atoms with E-state index in [-0.39, 0.29) is 25.0 Å². The van der Waals surface area contributed by atoms with Crippen LogP contribution >= 0.6 is 34.8 Å². The van der Waals surface area contributed by atoms with Crippen molar-refractivity contribution in [3.05, 3.63) is 63.1 Å². The van der Waals surface area contributed by atoms with Crippen molar-refractivity contribution in [3.8, 4) is 5.75 Å². The summed E-state index contributed by atoms with van der Waals surface area (Å²) in [6.07, 6.45) is 0. The molecular weight excluding hydrogens is 447 g/mol. The Bertz CT molecular complexity index is 913. The molecule has 0 spiro atoms. The van der Waals surface area contributed by atoms with E-state index in [1.165, 1.54) is 4.90 Å². The average Bonchev–Trinajstić information content (AvgIpc) is 2.64. The number of hydrogen-bond donors (Lipinski definition) is 1. The van der Waals surface area contributed by atoms with Crippen molar-refractivity contribution in [1.29, 1.82) is 0 Å². The zero-order valence-corrected chi connectivity index (χ0v) is 19.6. The summed E-state index contributed by atoms with van der Waals surface area (Å²) < 4.78 is 5.59. The molecule has 1 N–H and O–H groups in total. The second-order valence-electron chi connectivity index (χ2n) is 7.89. The van der Waals surface area contributed by atoms with Crippen LogP contribution in [-0.2, 0) is 16.1 Å². The second-order valence-corrected chi connectivity index (χ2v) is 9.14. The Labute approximate surface area is 192 Å². The number of nitrogens with zero attached hydrogens (tertiary/aromatic N) is 1. The van der Waals surface area contributed by atoms with Gasteiger partial charge in [-0.25, -0.2) is 0 Å². The first-order valence-electron chi connectivity index (χ1n) is 9.40. The fourth-order valence-electron chi connectivity index (χ4n) is 2.67. The van der Waals surface area contributed by atoms with E-state index in [1.54, 1.807) is 49.4 Å². The number of carbonyl (C=O) groups excluding carboxylic acids is 2. The van der Waals surface area contributed by atoms with E-state index in [0.29, 0.717) is 26.4 Å². The lowest BCUT2D eigenvalue weighted by Gasteiger charge is -2.31. The van der Waals surface area contributed by atoms with Crippen LogP contribution in [0, 0.1) is 0 Å². The fourth-order valence-corrected chi connectivity index (χ4v) is 3.33. The zero-order chi connectivity index (χ0) is 22.5. The summed E-state index contributed by atoms with van der Waals surface area (Å²) in [6, 6.07) is 11.1. The van der Waals surface area contributed by atoms with E-state index in [9.17, 15) is 9.59 Å². The van der Waals surface area contributed by atoms with E-state index < -0.39 is 11.6 Å². The van der Waals surface area contributed by atoms with Crippen LogP contribution in [0.2, 0.25) is 15.1 Å². The van der Waals surface area contributed by atoms with Crippen molar-refractivity contribution < 1.29 is 14.3 Å². The number of hydrogen-bond acceptors (Lipinski definition) is 3. The van der Waals surface area contributed by atoms with Gasteiger partial charge in [-0.2, -0.15) is 0 Å². The third kappa shape index (κ3) is 7.08. The van der Waals surface area contributed by atoms with Gasteiger partial charge in [0.25, 0.3) is 5.91 Å². The van der Waals surface area contributed by atoms with E-state index in [4.69, 9.17) is 39.5 Å². The lowest BCUT2D eigenvalue weighted by atomic mass is 10.1. The van der Waals surface area contributed by atoms with E-state index in [0.717, 1.165) is 0 Å². The van der Waals surface area contributed by atoms with Crippen molar-refractivity contribution >= 4 is 46.6 Å². The normalized spacial score (nSPS) is 12.2. The third-order valence-electron chi connectivity index (χ3n) is 4.21. The Balaban J connectivity index is 2.23. The van der Waals surface area contributed by atoms with Crippen molar-refractivity contribution in [3.63, 3.8) is 0 Å². The quantitative estimate of drug-likeness (QED) is 0.591. The van der Waals surface area contributed by atoms with Gasteiger partial charge in [0.2, 0.25) is 5.91 Å².